The molecule has 2 heterocycles. The van der Waals surface area contributed by atoms with E-state index < -0.39 is 6.10 Å². The smallest absolute Gasteiger partial charge is 0.263 e. The molecule has 29 heavy (non-hydrogen) atoms. The summed E-state index contributed by atoms with van der Waals surface area (Å²) in [5.41, 5.74) is 2.39. The fraction of sp³-hybridized carbons (Fsp3) is 0.238. The number of aromatic nitrogens is 1. The Morgan fingerprint density at radius 3 is 2.72 bits per heavy atom. The average Bonchev–Trinajstić information content (AvgIpc) is 3.13. The van der Waals surface area contributed by atoms with Crippen molar-refractivity contribution >= 4 is 29.1 Å². The van der Waals surface area contributed by atoms with E-state index in [2.05, 4.69) is 5.16 Å². The summed E-state index contributed by atoms with van der Waals surface area (Å²) in [6.45, 7) is 2.50. The SMILES string of the molecule is CC(Oc1ccc(Cl)cc1Cl)C(=O)N1CCc2c(noc2-c2ccc(F)cc2)C1. The van der Waals surface area contributed by atoms with Crippen molar-refractivity contribution in [2.75, 3.05) is 6.54 Å². The Balaban J connectivity index is 1.47. The zero-order valence-corrected chi connectivity index (χ0v) is 17.0. The minimum Gasteiger partial charge on any atom is -0.479 e. The van der Waals surface area contributed by atoms with E-state index >= 15 is 0 Å². The van der Waals surface area contributed by atoms with Crippen molar-refractivity contribution < 1.29 is 18.4 Å². The zero-order chi connectivity index (χ0) is 20.5. The molecule has 3 aromatic rings. The lowest BCUT2D eigenvalue weighted by atomic mass is 10.0. The molecule has 0 aliphatic carbocycles. The molecule has 8 heteroatoms. The fourth-order valence-electron chi connectivity index (χ4n) is 3.32. The van der Waals surface area contributed by atoms with Gasteiger partial charge in [0.25, 0.3) is 5.91 Å². The number of amides is 1. The number of carbonyl (C=O) groups excluding carboxylic acids is 1. The van der Waals surface area contributed by atoms with Gasteiger partial charge in [-0.1, -0.05) is 28.4 Å². The first kappa shape index (κ1) is 19.7. The van der Waals surface area contributed by atoms with Crippen LogP contribution in [0.15, 0.2) is 47.0 Å². The van der Waals surface area contributed by atoms with Gasteiger partial charge in [-0.3, -0.25) is 4.79 Å². The summed E-state index contributed by atoms with van der Waals surface area (Å²) in [5, 5.41) is 4.96. The van der Waals surface area contributed by atoms with E-state index in [4.69, 9.17) is 32.5 Å². The van der Waals surface area contributed by atoms with Crippen molar-refractivity contribution in [1.82, 2.24) is 10.1 Å². The molecule has 0 saturated carbocycles. The number of hydrogen-bond donors (Lipinski definition) is 0. The third kappa shape index (κ3) is 4.09. The first-order valence-corrected chi connectivity index (χ1v) is 9.82. The molecule has 0 saturated heterocycles. The van der Waals surface area contributed by atoms with E-state index in [0.717, 1.165) is 11.1 Å². The van der Waals surface area contributed by atoms with Crippen LogP contribution in [0, 0.1) is 5.82 Å². The summed E-state index contributed by atoms with van der Waals surface area (Å²) in [7, 11) is 0. The van der Waals surface area contributed by atoms with Gasteiger partial charge in [-0.25, -0.2) is 4.39 Å². The molecular weight excluding hydrogens is 418 g/mol. The van der Waals surface area contributed by atoms with Gasteiger partial charge in [0, 0.05) is 22.7 Å². The number of fused-ring (bicyclic) bond motifs is 1. The molecule has 1 atom stereocenters. The van der Waals surface area contributed by atoms with Crippen LogP contribution in [0.2, 0.25) is 10.0 Å². The lowest BCUT2D eigenvalue weighted by molar-refractivity contribution is -0.139. The van der Waals surface area contributed by atoms with Crippen LogP contribution in [0.5, 0.6) is 5.75 Å². The number of rotatable bonds is 4. The molecule has 5 nitrogen and oxygen atoms in total. The van der Waals surface area contributed by atoms with Crippen molar-refractivity contribution in [2.45, 2.75) is 26.0 Å². The number of carbonyl (C=O) groups is 1. The maximum atomic E-state index is 13.2. The van der Waals surface area contributed by atoms with Crippen LogP contribution in [-0.4, -0.2) is 28.6 Å². The Kier molecular flexibility index (Phi) is 5.48. The first-order valence-electron chi connectivity index (χ1n) is 9.06. The van der Waals surface area contributed by atoms with E-state index in [1.807, 2.05) is 0 Å². The lowest BCUT2D eigenvalue weighted by Gasteiger charge is -2.28. The van der Waals surface area contributed by atoms with Gasteiger partial charge < -0.3 is 14.2 Å². The average molecular weight is 435 g/mol. The molecule has 1 aliphatic rings. The highest BCUT2D eigenvalue weighted by Crippen LogP contribution is 2.32. The molecular formula is C21H17Cl2FN2O3. The third-order valence-corrected chi connectivity index (χ3v) is 5.34. The van der Waals surface area contributed by atoms with Crippen molar-refractivity contribution in [2.24, 2.45) is 0 Å². The minimum atomic E-state index is -0.723. The van der Waals surface area contributed by atoms with Gasteiger partial charge in [0.05, 0.1) is 11.6 Å². The highest BCUT2D eigenvalue weighted by Gasteiger charge is 2.30. The molecule has 0 bridgehead atoms. The molecule has 0 fully saturated rings. The first-order chi connectivity index (χ1) is 13.9. The van der Waals surface area contributed by atoms with Crippen LogP contribution < -0.4 is 4.74 Å². The van der Waals surface area contributed by atoms with E-state index in [9.17, 15) is 9.18 Å². The molecule has 0 radical (unpaired) electrons. The molecule has 2 aromatic carbocycles. The maximum Gasteiger partial charge on any atom is 0.263 e. The predicted octanol–water partition coefficient (Wildman–Crippen LogP) is 5.14. The summed E-state index contributed by atoms with van der Waals surface area (Å²) in [6.07, 6.45) is -0.134. The Morgan fingerprint density at radius 1 is 1.24 bits per heavy atom. The van der Waals surface area contributed by atoms with Crippen molar-refractivity contribution in [3.63, 3.8) is 0 Å². The van der Waals surface area contributed by atoms with Crippen LogP contribution in [0.3, 0.4) is 0 Å². The quantitative estimate of drug-likeness (QED) is 0.570. The molecule has 1 aliphatic heterocycles. The van der Waals surface area contributed by atoms with Crippen LogP contribution in [0.25, 0.3) is 11.3 Å². The summed E-state index contributed by atoms with van der Waals surface area (Å²) in [5.74, 6) is 0.528. The number of ether oxygens (including phenoxy) is 1. The van der Waals surface area contributed by atoms with E-state index in [-0.39, 0.29) is 11.7 Å². The van der Waals surface area contributed by atoms with Crippen molar-refractivity contribution in [1.29, 1.82) is 0 Å². The molecule has 0 spiro atoms. The monoisotopic (exact) mass is 434 g/mol. The van der Waals surface area contributed by atoms with Crippen LogP contribution >= 0.6 is 23.2 Å². The minimum absolute atomic E-state index is 0.173. The summed E-state index contributed by atoms with van der Waals surface area (Å²) in [4.78, 5) is 14.5. The normalized spacial score (nSPS) is 14.4. The lowest BCUT2D eigenvalue weighted by Crippen LogP contribution is -2.43. The maximum absolute atomic E-state index is 13.2. The summed E-state index contributed by atoms with van der Waals surface area (Å²) < 4.78 is 24.4. The van der Waals surface area contributed by atoms with Gasteiger partial charge in [0.1, 0.15) is 17.3 Å². The third-order valence-electron chi connectivity index (χ3n) is 4.81. The summed E-state index contributed by atoms with van der Waals surface area (Å²) >= 11 is 12.0. The Hall–Kier alpha value is -2.57. The second-order valence-electron chi connectivity index (χ2n) is 6.79. The van der Waals surface area contributed by atoms with Crippen LogP contribution in [-0.2, 0) is 17.8 Å². The molecule has 1 amide bonds. The molecule has 1 aromatic heterocycles. The van der Waals surface area contributed by atoms with Gasteiger partial charge in [0.15, 0.2) is 11.9 Å². The highest BCUT2D eigenvalue weighted by molar-refractivity contribution is 6.35. The van der Waals surface area contributed by atoms with Crippen molar-refractivity contribution in [3.05, 3.63) is 69.6 Å². The molecule has 150 valence electrons. The van der Waals surface area contributed by atoms with E-state index in [1.54, 1.807) is 42.2 Å². The predicted molar refractivity (Wildman–Crippen MR) is 108 cm³/mol. The van der Waals surface area contributed by atoms with Gasteiger partial charge in [-0.05, 0) is 55.8 Å². The molecule has 4 rings (SSSR count). The number of hydrogen-bond acceptors (Lipinski definition) is 4. The number of nitrogens with zero attached hydrogens (tertiary/aromatic N) is 2. The standard InChI is InChI=1S/C21H17Cl2FN2O3/c1-12(28-19-7-4-14(22)10-17(19)23)21(27)26-9-8-16-18(11-26)25-29-20(16)13-2-5-15(24)6-3-13/h2-7,10,12H,8-9,11H2,1H3. The fourth-order valence-corrected chi connectivity index (χ4v) is 3.77. The van der Waals surface area contributed by atoms with E-state index in [1.165, 1.54) is 12.1 Å². The van der Waals surface area contributed by atoms with Gasteiger partial charge in [-0.15, -0.1) is 0 Å². The molecule has 0 N–H and O–H groups in total. The van der Waals surface area contributed by atoms with Crippen molar-refractivity contribution in [3.8, 4) is 17.1 Å². The second-order valence-corrected chi connectivity index (χ2v) is 7.63. The van der Waals surface area contributed by atoms with Gasteiger partial charge in [-0.2, -0.15) is 0 Å². The zero-order valence-electron chi connectivity index (χ0n) is 15.5. The number of halogens is 3. The number of benzene rings is 2. The molecule has 1 unspecified atom stereocenters. The largest absolute Gasteiger partial charge is 0.479 e. The van der Waals surface area contributed by atoms with Gasteiger partial charge in [0.2, 0.25) is 0 Å². The van der Waals surface area contributed by atoms with Crippen LogP contribution in [0.4, 0.5) is 4.39 Å². The van der Waals surface area contributed by atoms with Crippen LogP contribution in [0.1, 0.15) is 18.2 Å². The van der Waals surface area contributed by atoms with E-state index in [0.29, 0.717) is 46.8 Å². The Bertz CT molecular complexity index is 1050. The topological polar surface area (TPSA) is 55.6 Å². The highest BCUT2D eigenvalue weighted by atomic mass is 35.5. The Labute approximate surface area is 177 Å². The second kappa shape index (κ2) is 8.05. The Morgan fingerprint density at radius 2 is 2.00 bits per heavy atom. The van der Waals surface area contributed by atoms with Gasteiger partial charge >= 0.3 is 0 Å². The summed E-state index contributed by atoms with van der Waals surface area (Å²) in [6, 6.07) is 10.9.